The molecule has 0 aliphatic carbocycles. The quantitative estimate of drug-likeness (QED) is 0.893. The Bertz CT molecular complexity index is 541. The summed E-state index contributed by atoms with van der Waals surface area (Å²) in [6.45, 7) is 7.23. The normalized spacial score (nSPS) is 10.7. The van der Waals surface area contributed by atoms with Gasteiger partial charge in [0.15, 0.2) is 0 Å². The lowest BCUT2D eigenvalue weighted by Crippen LogP contribution is -2.06. The van der Waals surface area contributed by atoms with Crippen LogP contribution in [0, 0.1) is 13.8 Å². The highest BCUT2D eigenvalue weighted by Crippen LogP contribution is 2.18. The van der Waals surface area contributed by atoms with Gasteiger partial charge in [-0.25, -0.2) is 0 Å². The highest BCUT2D eigenvalue weighted by Gasteiger charge is 2.05. The van der Waals surface area contributed by atoms with Gasteiger partial charge in [0.2, 0.25) is 0 Å². The maximum Gasteiger partial charge on any atom is 0.0625 e. The summed E-state index contributed by atoms with van der Waals surface area (Å²) < 4.78 is 1.96. The van der Waals surface area contributed by atoms with Crippen LogP contribution in [0.2, 0.25) is 0 Å². The molecule has 96 valence electrons. The number of anilines is 1. The number of rotatable bonds is 4. The number of hydrogen-bond donors (Lipinski definition) is 1. The molecule has 0 spiro atoms. The van der Waals surface area contributed by atoms with E-state index in [0.29, 0.717) is 0 Å². The Labute approximate surface area is 109 Å². The van der Waals surface area contributed by atoms with Crippen molar-refractivity contribution in [2.75, 3.05) is 5.32 Å². The van der Waals surface area contributed by atoms with Crippen molar-refractivity contribution in [2.45, 2.75) is 33.7 Å². The lowest BCUT2D eigenvalue weighted by Gasteiger charge is -2.11. The third-order valence-electron chi connectivity index (χ3n) is 3.45. The SMILES string of the molecule is CCc1cc(CNc2cccc(C)c2C)n(C)n1. The lowest BCUT2D eigenvalue weighted by atomic mass is 10.1. The second-order valence-electron chi connectivity index (χ2n) is 4.71. The molecule has 0 aliphatic heterocycles. The average Bonchev–Trinajstić information content (AvgIpc) is 2.72. The topological polar surface area (TPSA) is 29.9 Å². The fourth-order valence-corrected chi connectivity index (χ4v) is 2.04. The first kappa shape index (κ1) is 12.7. The van der Waals surface area contributed by atoms with E-state index >= 15 is 0 Å². The van der Waals surface area contributed by atoms with Crippen molar-refractivity contribution in [3.63, 3.8) is 0 Å². The van der Waals surface area contributed by atoms with Crippen LogP contribution in [0.5, 0.6) is 0 Å². The summed E-state index contributed by atoms with van der Waals surface area (Å²) in [6.07, 6.45) is 0.983. The summed E-state index contributed by atoms with van der Waals surface area (Å²) in [4.78, 5) is 0. The van der Waals surface area contributed by atoms with E-state index in [9.17, 15) is 0 Å². The number of benzene rings is 1. The van der Waals surface area contributed by atoms with Crippen molar-refractivity contribution in [3.8, 4) is 0 Å². The molecular formula is C15H21N3. The van der Waals surface area contributed by atoms with Crippen LogP contribution in [0.4, 0.5) is 5.69 Å². The minimum Gasteiger partial charge on any atom is -0.379 e. The van der Waals surface area contributed by atoms with Crippen LogP contribution in [0.25, 0.3) is 0 Å². The Hall–Kier alpha value is -1.77. The molecule has 0 atom stereocenters. The molecule has 0 radical (unpaired) electrons. The molecule has 0 bridgehead atoms. The van der Waals surface area contributed by atoms with Crippen LogP contribution in [0.3, 0.4) is 0 Å². The summed E-state index contributed by atoms with van der Waals surface area (Å²) >= 11 is 0. The smallest absolute Gasteiger partial charge is 0.0625 e. The van der Waals surface area contributed by atoms with E-state index in [4.69, 9.17) is 0 Å². The summed E-state index contributed by atoms with van der Waals surface area (Å²) in [6, 6.07) is 8.52. The summed E-state index contributed by atoms with van der Waals surface area (Å²) in [7, 11) is 2.00. The minimum absolute atomic E-state index is 0.813. The fourth-order valence-electron chi connectivity index (χ4n) is 2.04. The van der Waals surface area contributed by atoms with Crippen molar-refractivity contribution in [3.05, 3.63) is 46.8 Å². The monoisotopic (exact) mass is 243 g/mol. The van der Waals surface area contributed by atoms with Gasteiger partial charge < -0.3 is 5.32 Å². The van der Waals surface area contributed by atoms with Crippen molar-refractivity contribution in [1.29, 1.82) is 0 Å². The molecule has 1 heterocycles. The fraction of sp³-hybridized carbons (Fsp3) is 0.400. The number of nitrogens with one attached hydrogen (secondary N) is 1. The summed E-state index contributed by atoms with van der Waals surface area (Å²) in [5.74, 6) is 0. The van der Waals surface area contributed by atoms with E-state index < -0.39 is 0 Å². The number of aromatic nitrogens is 2. The zero-order valence-corrected chi connectivity index (χ0v) is 11.6. The Morgan fingerprint density at radius 3 is 2.72 bits per heavy atom. The summed E-state index contributed by atoms with van der Waals surface area (Å²) in [5, 5.41) is 7.95. The molecule has 0 unspecified atom stereocenters. The van der Waals surface area contributed by atoms with Gasteiger partial charge in [0, 0.05) is 12.7 Å². The number of hydrogen-bond acceptors (Lipinski definition) is 2. The van der Waals surface area contributed by atoms with E-state index in [-0.39, 0.29) is 0 Å². The summed E-state index contributed by atoms with van der Waals surface area (Å²) in [5.41, 5.74) is 6.20. The van der Waals surface area contributed by atoms with Gasteiger partial charge in [-0.1, -0.05) is 19.1 Å². The Morgan fingerprint density at radius 2 is 2.06 bits per heavy atom. The standard InChI is InChI=1S/C15H21N3/c1-5-13-9-14(18(4)17-13)10-16-15-8-6-7-11(2)12(15)3/h6-9,16H,5,10H2,1-4H3. The zero-order valence-electron chi connectivity index (χ0n) is 11.6. The molecule has 1 aromatic heterocycles. The van der Waals surface area contributed by atoms with Gasteiger partial charge in [0.1, 0.15) is 0 Å². The van der Waals surface area contributed by atoms with Gasteiger partial charge >= 0.3 is 0 Å². The molecule has 1 N–H and O–H groups in total. The lowest BCUT2D eigenvalue weighted by molar-refractivity contribution is 0.707. The molecule has 0 amide bonds. The number of aryl methyl sites for hydroxylation is 3. The first-order valence-electron chi connectivity index (χ1n) is 6.43. The maximum absolute atomic E-state index is 4.46. The van der Waals surface area contributed by atoms with Crippen LogP contribution < -0.4 is 5.32 Å². The first-order valence-corrected chi connectivity index (χ1v) is 6.43. The molecular weight excluding hydrogens is 222 g/mol. The third kappa shape index (κ3) is 2.55. The van der Waals surface area contributed by atoms with Crippen LogP contribution in [-0.2, 0) is 20.0 Å². The molecule has 0 saturated heterocycles. The van der Waals surface area contributed by atoms with Crippen molar-refractivity contribution < 1.29 is 0 Å². The van der Waals surface area contributed by atoms with E-state index in [0.717, 1.165) is 18.7 Å². The van der Waals surface area contributed by atoms with Gasteiger partial charge in [0.25, 0.3) is 0 Å². The van der Waals surface area contributed by atoms with E-state index in [2.05, 4.69) is 55.5 Å². The van der Waals surface area contributed by atoms with E-state index in [1.54, 1.807) is 0 Å². The predicted octanol–water partition coefficient (Wildman–Crippen LogP) is 3.21. The van der Waals surface area contributed by atoms with Gasteiger partial charge in [-0.15, -0.1) is 0 Å². The molecule has 0 saturated carbocycles. The highest BCUT2D eigenvalue weighted by atomic mass is 15.3. The van der Waals surface area contributed by atoms with Crippen molar-refractivity contribution in [2.24, 2.45) is 7.05 Å². The zero-order chi connectivity index (χ0) is 13.1. The molecule has 18 heavy (non-hydrogen) atoms. The number of nitrogens with zero attached hydrogens (tertiary/aromatic N) is 2. The van der Waals surface area contributed by atoms with Crippen LogP contribution in [0.15, 0.2) is 24.3 Å². The molecule has 2 aromatic rings. The Morgan fingerprint density at radius 1 is 1.28 bits per heavy atom. The molecule has 3 heteroatoms. The van der Waals surface area contributed by atoms with Crippen molar-refractivity contribution >= 4 is 5.69 Å². The molecule has 2 rings (SSSR count). The second kappa shape index (κ2) is 5.25. The Balaban J connectivity index is 2.11. The highest BCUT2D eigenvalue weighted by molar-refractivity contribution is 5.53. The van der Waals surface area contributed by atoms with Gasteiger partial charge in [-0.3, -0.25) is 4.68 Å². The molecule has 3 nitrogen and oxygen atoms in total. The van der Waals surface area contributed by atoms with Crippen LogP contribution >= 0.6 is 0 Å². The molecule has 0 fully saturated rings. The van der Waals surface area contributed by atoms with Gasteiger partial charge in [-0.2, -0.15) is 5.10 Å². The van der Waals surface area contributed by atoms with E-state index in [1.165, 1.54) is 22.5 Å². The van der Waals surface area contributed by atoms with E-state index in [1.807, 2.05) is 11.7 Å². The Kier molecular flexibility index (Phi) is 3.70. The minimum atomic E-state index is 0.813. The molecule has 1 aromatic carbocycles. The van der Waals surface area contributed by atoms with Crippen LogP contribution in [-0.4, -0.2) is 9.78 Å². The maximum atomic E-state index is 4.46. The second-order valence-corrected chi connectivity index (χ2v) is 4.71. The third-order valence-corrected chi connectivity index (χ3v) is 3.45. The largest absolute Gasteiger partial charge is 0.379 e. The van der Waals surface area contributed by atoms with Crippen LogP contribution in [0.1, 0.15) is 29.4 Å². The van der Waals surface area contributed by atoms with Crippen molar-refractivity contribution in [1.82, 2.24) is 9.78 Å². The molecule has 0 aliphatic rings. The first-order chi connectivity index (χ1) is 8.61. The van der Waals surface area contributed by atoms with Gasteiger partial charge in [-0.05, 0) is 43.5 Å². The predicted molar refractivity (Wildman–Crippen MR) is 75.8 cm³/mol. The average molecular weight is 243 g/mol. The van der Waals surface area contributed by atoms with Gasteiger partial charge in [0.05, 0.1) is 17.9 Å².